The van der Waals surface area contributed by atoms with Gasteiger partial charge in [0.15, 0.2) is 5.78 Å². The highest BCUT2D eigenvalue weighted by atomic mass is 35.5. The van der Waals surface area contributed by atoms with Crippen LogP contribution in [0.3, 0.4) is 0 Å². The Morgan fingerprint density at radius 3 is 2.42 bits per heavy atom. The van der Waals surface area contributed by atoms with E-state index < -0.39 is 5.54 Å². The number of Topliss-reactive ketones (excluding diaryl/α,β-unsaturated/α-hetero) is 1. The summed E-state index contributed by atoms with van der Waals surface area (Å²) in [7, 11) is 0. The average molecular weight is 345 g/mol. The summed E-state index contributed by atoms with van der Waals surface area (Å²) in [6.07, 6.45) is 0. The number of hydrogen-bond donors (Lipinski definition) is 2. The predicted octanol–water partition coefficient (Wildman–Crippen LogP) is 4.91. The van der Waals surface area contributed by atoms with E-state index >= 15 is 0 Å². The zero-order valence-electron chi connectivity index (χ0n) is 14.2. The van der Waals surface area contributed by atoms with E-state index in [2.05, 4.69) is 10.6 Å². The molecule has 0 spiro atoms. The van der Waals surface area contributed by atoms with E-state index in [0.29, 0.717) is 16.3 Å². The maximum Gasteiger partial charge on any atom is 0.319 e. The smallest absolute Gasteiger partial charge is 0.319 e. The zero-order valence-corrected chi connectivity index (χ0v) is 15.0. The number of aryl methyl sites for hydroxylation is 1. The van der Waals surface area contributed by atoms with Crippen molar-refractivity contribution in [1.29, 1.82) is 0 Å². The first kappa shape index (κ1) is 18.0. The standard InChI is InChI=1S/C19H21ClN2O2/c1-12-8-9-16(11-17(12)20)21-18(24)22-19(3,4)15-7-5-6-14(10-15)13(2)23/h5-11H,1-4H3,(H2,21,22,24). The normalized spacial score (nSPS) is 11.0. The molecule has 0 bridgehead atoms. The van der Waals surface area contributed by atoms with Gasteiger partial charge in [-0.05, 0) is 57.0 Å². The molecule has 0 fully saturated rings. The molecule has 0 aliphatic rings. The van der Waals surface area contributed by atoms with Gasteiger partial charge >= 0.3 is 6.03 Å². The first-order valence-corrected chi connectivity index (χ1v) is 8.03. The highest BCUT2D eigenvalue weighted by molar-refractivity contribution is 6.31. The molecule has 2 amide bonds. The summed E-state index contributed by atoms with van der Waals surface area (Å²) >= 11 is 6.07. The summed E-state index contributed by atoms with van der Waals surface area (Å²) in [5.74, 6) is -0.00796. The van der Waals surface area contributed by atoms with E-state index in [-0.39, 0.29) is 11.8 Å². The van der Waals surface area contributed by atoms with Crippen molar-refractivity contribution >= 4 is 29.1 Å². The van der Waals surface area contributed by atoms with Gasteiger partial charge in [0, 0.05) is 16.3 Å². The second-order valence-electron chi connectivity index (χ2n) is 6.31. The number of halogens is 1. The lowest BCUT2D eigenvalue weighted by Crippen LogP contribution is -2.43. The van der Waals surface area contributed by atoms with Crippen LogP contribution in [-0.2, 0) is 5.54 Å². The number of urea groups is 1. The van der Waals surface area contributed by atoms with Crippen LogP contribution in [0.15, 0.2) is 42.5 Å². The quantitative estimate of drug-likeness (QED) is 0.774. The van der Waals surface area contributed by atoms with Gasteiger partial charge < -0.3 is 10.6 Å². The van der Waals surface area contributed by atoms with Crippen LogP contribution in [-0.4, -0.2) is 11.8 Å². The Kier molecular flexibility index (Phi) is 5.30. The monoisotopic (exact) mass is 344 g/mol. The molecule has 0 radical (unpaired) electrons. The summed E-state index contributed by atoms with van der Waals surface area (Å²) < 4.78 is 0. The van der Waals surface area contributed by atoms with Gasteiger partial charge in [0.05, 0.1) is 5.54 Å². The van der Waals surface area contributed by atoms with Crippen LogP contribution in [0.2, 0.25) is 5.02 Å². The molecule has 2 rings (SSSR count). The van der Waals surface area contributed by atoms with Crippen molar-refractivity contribution in [3.8, 4) is 0 Å². The van der Waals surface area contributed by atoms with Crippen molar-refractivity contribution in [2.24, 2.45) is 0 Å². The van der Waals surface area contributed by atoms with Gasteiger partial charge in [-0.1, -0.05) is 35.9 Å². The lowest BCUT2D eigenvalue weighted by Gasteiger charge is -2.27. The molecule has 0 saturated carbocycles. The van der Waals surface area contributed by atoms with Crippen LogP contribution in [0, 0.1) is 6.92 Å². The largest absolute Gasteiger partial charge is 0.329 e. The van der Waals surface area contributed by atoms with Gasteiger partial charge in [0.1, 0.15) is 0 Å². The maximum atomic E-state index is 12.3. The number of rotatable bonds is 4. The van der Waals surface area contributed by atoms with Crippen molar-refractivity contribution < 1.29 is 9.59 Å². The Morgan fingerprint density at radius 2 is 1.79 bits per heavy atom. The Balaban J connectivity index is 2.13. The summed E-state index contributed by atoms with van der Waals surface area (Å²) in [6.45, 7) is 7.19. The van der Waals surface area contributed by atoms with Crippen LogP contribution in [0.5, 0.6) is 0 Å². The van der Waals surface area contributed by atoms with E-state index in [0.717, 1.165) is 11.1 Å². The first-order valence-electron chi connectivity index (χ1n) is 7.66. The van der Waals surface area contributed by atoms with Gasteiger partial charge in [0.25, 0.3) is 0 Å². The maximum absolute atomic E-state index is 12.3. The third-order valence-electron chi connectivity index (χ3n) is 3.85. The number of benzene rings is 2. The van der Waals surface area contributed by atoms with Crippen molar-refractivity contribution in [2.45, 2.75) is 33.2 Å². The molecule has 0 unspecified atom stereocenters. The van der Waals surface area contributed by atoms with E-state index in [1.807, 2.05) is 39.0 Å². The van der Waals surface area contributed by atoms with Crippen LogP contribution in [0.1, 0.15) is 42.3 Å². The molecule has 0 heterocycles. The number of anilines is 1. The topological polar surface area (TPSA) is 58.2 Å². The fraction of sp³-hybridized carbons (Fsp3) is 0.263. The molecular weight excluding hydrogens is 324 g/mol. The van der Waals surface area contributed by atoms with Crippen LogP contribution in [0.4, 0.5) is 10.5 Å². The molecule has 4 nitrogen and oxygen atoms in total. The Hall–Kier alpha value is -2.33. The van der Waals surface area contributed by atoms with Crippen molar-refractivity contribution in [3.63, 3.8) is 0 Å². The molecule has 0 aromatic heterocycles. The number of carbonyl (C=O) groups is 2. The first-order chi connectivity index (χ1) is 11.2. The van der Waals surface area contributed by atoms with Crippen molar-refractivity contribution in [2.75, 3.05) is 5.32 Å². The number of nitrogens with one attached hydrogen (secondary N) is 2. The fourth-order valence-corrected chi connectivity index (χ4v) is 2.50. The zero-order chi connectivity index (χ0) is 17.9. The van der Waals surface area contributed by atoms with Gasteiger partial charge in [-0.25, -0.2) is 4.79 Å². The second-order valence-corrected chi connectivity index (χ2v) is 6.71. The number of hydrogen-bond acceptors (Lipinski definition) is 2. The Morgan fingerprint density at radius 1 is 1.08 bits per heavy atom. The molecule has 2 N–H and O–H groups in total. The summed E-state index contributed by atoms with van der Waals surface area (Å²) in [4.78, 5) is 23.8. The molecule has 2 aromatic carbocycles. The lowest BCUT2D eigenvalue weighted by molar-refractivity contribution is 0.101. The highest BCUT2D eigenvalue weighted by Crippen LogP contribution is 2.23. The van der Waals surface area contributed by atoms with Crippen LogP contribution >= 0.6 is 11.6 Å². The van der Waals surface area contributed by atoms with Crippen molar-refractivity contribution in [1.82, 2.24) is 5.32 Å². The fourth-order valence-electron chi connectivity index (χ4n) is 2.32. The van der Waals surface area contributed by atoms with Crippen LogP contribution < -0.4 is 10.6 Å². The van der Waals surface area contributed by atoms with E-state index in [4.69, 9.17) is 11.6 Å². The second kappa shape index (κ2) is 7.05. The molecule has 0 saturated heterocycles. The van der Waals surface area contributed by atoms with E-state index in [9.17, 15) is 9.59 Å². The summed E-state index contributed by atoms with van der Waals surface area (Å²) in [5, 5.41) is 6.29. The molecule has 126 valence electrons. The van der Waals surface area contributed by atoms with E-state index in [1.54, 1.807) is 24.3 Å². The van der Waals surface area contributed by atoms with Gasteiger partial charge in [-0.3, -0.25) is 4.79 Å². The minimum atomic E-state index is -0.635. The predicted molar refractivity (Wildman–Crippen MR) is 97.8 cm³/mol. The third kappa shape index (κ3) is 4.36. The minimum absolute atomic E-state index is 0.00796. The van der Waals surface area contributed by atoms with E-state index in [1.165, 1.54) is 6.92 Å². The van der Waals surface area contributed by atoms with Gasteiger partial charge in [0.2, 0.25) is 0 Å². The van der Waals surface area contributed by atoms with Gasteiger partial charge in [-0.15, -0.1) is 0 Å². The number of ketones is 1. The minimum Gasteiger partial charge on any atom is -0.329 e. The SMILES string of the molecule is CC(=O)c1cccc(C(C)(C)NC(=O)Nc2ccc(C)c(Cl)c2)c1. The Labute approximate surface area is 147 Å². The van der Waals surface area contributed by atoms with Crippen LogP contribution in [0.25, 0.3) is 0 Å². The molecule has 0 aliphatic carbocycles. The summed E-state index contributed by atoms with van der Waals surface area (Å²) in [6, 6.07) is 12.3. The molecule has 0 aliphatic heterocycles. The summed E-state index contributed by atoms with van der Waals surface area (Å²) in [5.41, 5.74) is 2.41. The van der Waals surface area contributed by atoms with Crippen molar-refractivity contribution in [3.05, 3.63) is 64.2 Å². The highest BCUT2D eigenvalue weighted by Gasteiger charge is 2.23. The molecule has 5 heteroatoms. The number of carbonyl (C=O) groups excluding carboxylic acids is 2. The molecule has 0 atom stereocenters. The lowest BCUT2D eigenvalue weighted by atomic mass is 9.92. The molecular formula is C19H21ClN2O2. The number of amides is 2. The molecule has 2 aromatic rings. The third-order valence-corrected chi connectivity index (χ3v) is 4.25. The Bertz CT molecular complexity index is 785. The van der Waals surface area contributed by atoms with Gasteiger partial charge in [-0.2, -0.15) is 0 Å². The average Bonchev–Trinajstić information content (AvgIpc) is 2.50. The molecule has 24 heavy (non-hydrogen) atoms.